The highest BCUT2D eigenvalue weighted by atomic mass is 16.5. The molecule has 0 aromatic heterocycles. The van der Waals surface area contributed by atoms with Crippen LogP contribution in [0.4, 0.5) is 0 Å². The molecular formula is C17H20O. The first-order chi connectivity index (χ1) is 8.68. The Kier molecular flexibility index (Phi) is 4.03. The highest BCUT2D eigenvalue weighted by Crippen LogP contribution is 2.29. The third-order valence-corrected chi connectivity index (χ3v) is 3.11. The topological polar surface area (TPSA) is 9.23 Å². The van der Waals surface area contributed by atoms with Crippen molar-refractivity contribution in [2.45, 2.75) is 32.8 Å². The monoisotopic (exact) mass is 240 g/mol. The van der Waals surface area contributed by atoms with Gasteiger partial charge in [-0.2, -0.15) is 0 Å². The van der Waals surface area contributed by atoms with E-state index < -0.39 is 0 Å². The van der Waals surface area contributed by atoms with Gasteiger partial charge in [0, 0.05) is 0 Å². The molecule has 1 unspecified atom stereocenters. The van der Waals surface area contributed by atoms with E-state index in [4.69, 9.17) is 4.74 Å². The second-order valence-corrected chi connectivity index (χ2v) is 4.86. The van der Waals surface area contributed by atoms with Crippen LogP contribution in [0.5, 0.6) is 5.75 Å². The van der Waals surface area contributed by atoms with Gasteiger partial charge in [-0.3, -0.25) is 0 Å². The molecule has 0 aliphatic carbocycles. The van der Waals surface area contributed by atoms with Crippen LogP contribution >= 0.6 is 0 Å². The van der Waals surface area contributed by atoms with Crippen molar-refractivity contribution in [1.82, 2.24) is 0 Å². The van der Waals surface area contributed by atoms with E-state index in [1.54, 1.807) is 0 Å². The molecule has 0 N–H and O–H groups in total. The molecule has 0 amide bonds. The van der Waals surface area contributed by atoms with Gasteiger partial charge in [0.1, 0.15) is 11.9 Å². The first-order valence-corrected chi connectivity index (χ1v) is 6.49. The SMILES string of the molecule is CC(C)c1ccccc1OC(C)c1ccccc1. The zero-order valence-corrected chi connectivity index (χ0v) is 11.3. The summed E-state index contributed by atoms with van der Waals surface area (Å²) in [6, 6.07) is 18.6. The van der Waals surface area contributed by atoms with Crippen LogP contribution < -0.4 is 4.74 Å². The van der Waals surface area contributed by atoms with Crippen molar-refractivity contribution in [1.29, 1.82) is 0 Å². The summed E-state index contributed by atoms with van der Waals surface area (Å²) in [4.78, 5) is 0. The molecule has 0 bridgehead atoms. The highest BCUT2D eigenvalue weighted by molar-refractivity contribution is 5.36. The summed E-state index contributed by atoms with van der Waals surface area (Å²) >= 11 is 0. The molecule has 0 aliphatic heterocycles. The van der Waals surface area contributed by atoms with Crippen molar-refractivity contribution >= 4 is 0 Å². The number of para-hydroxylation sites is 1. The zero-order valence-electron chi connectivity index (χ0n) is 11.3. The number of hydrogen-bond acceptors (Lipinski definition) is 1. The number of hydrogen-bond donors (Lipinski definition) is 0. The summed E-state index contributed by atoms with van der Waals surface area (Å²) in [6.45, 7) is 6.47. The lowest BCUT2D eigenvalue weighted by Gasteiger charge is -2.19. The minimum atomic E-state index is 0.0751. The minimum absolute atomic E-state index is 0.0751. The first-order valence-electron chi connectivity index (χ1n) is 6.49. The van der Waals surface area contributed by atoms with Crippen LogP contribution in [0.3, 0.4) is 0 Å². The molecule has 2 rings (SSSR count). The smallest absolute Gasteiger partial charge is 0.123 e. The van der Waals surface area contributed by atoms with Gasteiger partial charge in [-0.05, 0) is 30.0 Å². The van der Waals surface area contributed by atoms with E-state index >= 15 is 0 Å². The normalized spacial score (nSPS) is 12.4. The van der Waals surface area contributed by atoms with E-state index in [2.05, 4.69) is 51.1 Å². The fraction of sp³-hybridized carbons (Fsp3) is 0.294. The lowest BCUT2D eigenvalue weighted by Crippen LogP contribution is -2.05. The van der Waals surface area contributed by atoms with E-state index in [0.29, 0.717) is 5.92 Å². The van der Waals surface area contributed by atoms with Gasteiger partial charge in [0.25, 0.3) is 0 Å². The van der Waals surface area contributed by atoms with Crippen molar-refractivity contribution < 1.29 is 4.74 Å². The third kappa shape index (κ3) is 2.92. The average Bonchev–Trinajstić information content (AvgIpc) is 2.40. The van der Waals surface area contributed by atoms with E-state index in [-0.39, 0.29) is 6.10 Å². The molecule has 1 atom stereocenters. The Morgan fingerprint density at radius 3 is 2.06 bits per heavy atom. The van der Waals surface area contributed by atoms with E-state index in [1.807, 2.05) is 24.3 Å². The van der Waals surface area contributed by atoms with Crippen LogP contribution in [0, 0.1) is 0 Å². The van der Waals surface area contributed by atoms with Crippen LogP contribution in [0.25, 0.3) is 0 Å². The van der Waals surface area contributed by atoms with Crippen molar-refractivity contribution in [3.63, 3.8) is 0 Å². The van der Waals surface area contributed by atoms with E-state index in [0.717, 1.165) is 5.75 Å². The summed E-state index contributed by atoms with van der Waals surface area (Å²) in [5.74, 6) is 1.47. The maximum absolute atomic E-state index is 6.09. The minimum Gasteiger partial charge on any atom is -0.486 e. The van der Waals surface area contributed by atoms with Crippen LogP contribution in [0.1, 0.15) is 43.9 Å². The predicted octanol–water partition coefficient (Wildman–Crippen LogP) is 4.95. The van der Waals surface area contributed by atoms with Gasteiger partial charge < -0.3 is 4.74 Å². The molecule has 0 spiro atoms. The average molecular weight is 240 g/mol. The quantitative estimate of drug-likeness (QED) is 0.734. The van der Waals surface area contributed by atoms with Gasteiger partial charge in [0.2, 0.25) is 0 Å². The largest absolute Gasteiger partial charge is 0.486 e. The van der Waals surface area contributed by atoms with Gasteiger partial charge in [0.15, 0.2) is 0 Å². The second-order valence-electron chi connectivity index (χ2n) is 4.86. The molecule has 0 aliphatic rings. The Labute approximate surface area is 109 Å². The second kappa shape index (κ2) is 5.72. The van der Waals surface area contributed by atoms with Crippen LogP contribution in [0.15, 0.2) is 54.6 Å². The van der Waals surface area contributed by atoms with E-state index in [9.17, 15) is 0 Å². The number of benzene rings is 2. The molecule has 18 heavy (non-hydrogen) atoms. The van der Waals surface area contributed by atoms with Crippen LogP contribution in [0.2, 0.25) is 0 Å². The highest BCUT2D eigenvalue weighted by Gasteiger charge is 2.11. The van der Waals surface area contributed by atoms with E-state index in [1.165, 1.54) is 11.1 Å². The summed E-state index contributed by atoms with van der Waals surface area (Å²) < 4.78 is 6.09. The molecule has 0 saturated heterocycles. The molecule has 2 aromatic carbocycles. The summed E-state index contributed by atoms with van der Waals surface area (Å²) in [6.07, 6.45) is 0.0751. The lowest BCUT2D eigenvalue weighted by atomic mass is 10.0. The van der Waals surface area contributed by atoms with Crippen molar-refractivity contribution in [3.8, 4) is 5.75 Å². The van der Waals surface area contributed by atoms with Crippen molar-refractivity contribution in [3.05, 3.63) is 65.7 Å². The summed E-state index contributed by atoms with van der Waals surface area (Å²) in [5, 5.41) is 0. The Morgan fingerprint density at radius 2 is 1.39 bits per heavy atom. The number of ether oxygens (including phenoxy) is 1. The number of rotatable bonds is 4. The third-order valence-electron chi connectivity index (χ3n) is 3.11. The maximum atomic E-state index is 6.09. The molecule has 1 nitrogen and oxygen atoms in total. The molecule has 0 heterocycles. The Bertz CT molecular complexity index is 488. The standard InChI is InChI=1S/C17H20O/c1-13(2)16-11-7-8-12-17(16)18-14(3)15-9-5-4-6-10-15/h4-14H,1-3H3. The Hall–Kier alpha value is -1.76. The lowest BCUT2D eigenvalue weighted by molar-refractivity contribution is 0.224. The van der Waals surface area contributed by atoms with Gasteiger partial charge in [-0.25, -0.2) is 0 Å². The molecule has 0 saturated carbocycles. The molecular weight excluding hydrogens is 220 g/mol. The summed E-state index contributed by atoms with van der Waals surface area (Å²) in [5.41, 5.74) is 2.47. The molecule has 2 aromatic rings. The molecule has 0 radical (unpaired) electrons. The first kappa shape index (κ1) is 12.7. The molecule has 94 valence electrons. The van der Waals surface area contributed by atoms with Crippen molar-refractivity contribution in [2.24, 2.45) is 0 Å². The van der Waals surface area contributed by atoms with Gasteiger partial charge in [0.05, 0.1) is 0 Å². The van der Waals surface area contributed by atoms with Gasteiger partial charge in [-0.15, -0.1) is 0 Å². The molecule has 0 fully saturated rings. The fourth-order valence-electron chi connectivity index (χ4n) is 2.05. The van der Waals surface area contributed by atoms with Gasteiger partial charge in [-0.1, -0.05) is 62.4 Å². The summed E-state index contributed by atoms with van der Waals surface area (Å²) in [7, 11) is 0. The van der Waals surface area contributed by atoms with Crippen molar-refractivity contribution in [2.75, 3.05) is 0 Å². The zero-order chi connectivity index (χ0) is 13.0. The van der Waals surface area contributed by atoms with Crippen LogP contribution in [-0.4, -0.2) is 0 Å². The maximum Gasteiger partial charge on any atom is 0.123 e. The van der Waals surface area contributed by atoms with Gasteiger partial charge >= 0.3 is 0 Å². The molecule has 1 heteroatoms. The Balaban J connectivity index is 2.19. The van der Waals surface area contributed by atoms with Crippen LogP contribution in [-0.2, 0) is 0 Å². The Morgan fingerprint density at radius 1 is 0.778 bits per heavy atom. The predicted molar refractivity (Wildman–Crippen MR) is 76.0 cm³/mol. The fourth-order valence-corrected chi connectivity index (χ4v) is 2.05.